The first-order valence-electron chi connectivity index (χ1n) is 7.61. The van der Waals surface area contributed by atoms with E-state index >= 15 is 0 Å². The Morgan fingerprint density at radius 2 is 2.14 bits per heavy atom. The third-order valence-electron chi connectivity index (χ3n) is 4.30. The van der Waals surface area contributed by atoms with Gasteiger partial charge in [-0.05, 0) is 31.9 Å². The number of carbonyl (C=O) groups excluding carboxylic acids is 1. The summed E-state index contributed by atoms with van der Waals surface area (Å²) in [5, 5.41) is 0. The Hall–Kier alpha value is -2.04. The number of piperidine rings is 1. The number of imidazole rings is 1. The Bertz CT molecular complexity index is 561. The van der Waals surface area contributed by atoms with E-state index in [1.165, 1.54) is 0 Å². The molecule has 0 bridgehead atoms. The van der Waals surface area contributed by atoms with E-state index in [0.29, 0.717) is 12.5 Å². The lowest BCUT2D eigenvalue weighted by Crippen LogP contribution is -2.41. The highest BCUT2D eigenvalue weighted by Crippen LogP contribution is 2.23. The molecular formula is C16H22N4O. The average molecular weight is 286 g/mol. The van der Waals surface area contributed by atoms with Gasteiger partial charge in [0.1, 0.15) is 0 Å². The number of hydrogen-bond donors (Lipinski definition) is 0. The third kappa shape index (κ3) is 3.17. The van der Waals surface area contributed by atoms with Gasteiger partial charge in [-0.1, -0.05) is 0 Å². The SMILES string of the molecule is C[C@@H](CC(=O)N1CCC[C@H](n2ccnc2)C1)n1cccc1. The van der Waals surface area contributed by atoms with Gasteiger partial charge in [-0.15, -0.1) is 0 Å². The van der Waals surface area contributed by atoms with Crippen LogP contribution in [-0.2, 0) is 4.79 Å². The van der Waals surface area contributed by atoms with Crippen molar-refractivity contribution in [3.63, 3.8) is 0 Å². The molecule has 1 fully saturated rings. The number of likely N-dealkylation sites (tertiary alicyclic amines) is 1. The van der Waals surface area contributed by atoms with E-state index in [4.69, 9.17) is 0 Å². The molecule has 112 valence electrons. The van der Waals surface area contributed by atoms with Gasteiger partial charge in [0.05, 0.1) is 12.4 Å². The van der Waals surface area contributed by atoms with Crippen LogP contribution in [0.5, 0.6) is 0 Å². The van der Waals surface area contributed by atoms with Crippen molar-refractivity contribution in [3.05, 3.63) is 43.2 Å². The van der Waals surface area contributed by atoms with E-state index in [9.17, 15) is 4.79 Å². The molecule has 0 unspecified atom stereocenters. The molecule has 0 radical (unpaired) electrons. The molecule has 2 atom stereocenters. The molecule has 0 aromatic carbocycles. The Kier molecular flexibility index (Phi) is 4.08. The normalized spacial score (nSPS) is 20.4. The van der Waals surface area contributed by atoms with Crippen LogP contribution in [-0.4, -0.2) is 38.0 Å². The first-order valence-corrected chi connectivity index (χ1v) is 7.61. The van der Waals surface area contributed by atoms with Crippen LogP contribution in [0.3, 0.4) is 0 Å². The van der Waals surface area contributed by atoms with Crippen LogP contribution in [0.2, 0.25) is 0 Å². The molecular weight excluding hydrogens is 264 g/mol. The number of amides is 1. The smallest absolute Gasteiger partial charge is 0.224 e. The fourth-order valence-electron chi connectivity index (χ4n) is 3.04. The Morgan fingerprint density at radius 3 is 2.86 bits per heavy atom. The molecule has 1 aliphatic heterocycles. The Morgan fingerprint density at radius 1 is 1.33 bits per heavy atom. The first kappa shape index (κ1) is 13.9. The van der Waals surface area contributed by atoms with Crippen molar-refractivity contribution < 1.29 is 4.79 Å². The van der Waals surface area contributed by atoms with Crippen molar-refractivity contribution in [2.45, 2.75) is 38.3 Å². The molecule has 5 nitrogen and oxygen atoms in total. The monoisotopic (exact) mass is 286 g/mol. The summed E-state index contributed by atoms with van der Waals surface area (Å²) >= 11 is 0. The lowest BCUT2D eigenvalue weighted by atomic mass is 10.0. The van der Waals surface area contributed by atoms with Gasteiger partial charge < -0.3 is 14.0 Å². The van der Waals surface area contributed by atoms with E-state index in [0.717, 1.165) is 25.9 Å². The Labute approximate surface area is 125 Å². The van der Waals surface area contributed by atoms with Crippen LogP contribution in [0.25, 0.3) is 0 Å². The second-order valence-electron chi connectivity index (χ2n) is 5.83. The minimum absolute atomic E-state index is 0.209. The van der Waals surface area contributed by atoms with Gasteiger partial charge in [-0.2, -0.15) is 0 Å². The van der Waals surface area contributed by atoms with E-state index in [1.807, 2.05) is 42.0 Å². The van der Waals surface area contributed by atoms with E-state index in [1.54, 1.807) is 6.20 Å². The molecule has 1 aliphatic rings. The first-order chi connectivity index (χ1) is 10.2. The van der Waals surface area contributed by atoms with E-state index in [-0.39, 0.29) is 11.9 Å². The molecule has 0 saturated carbocycles. The molecule has 21 heavy (non-hydrogen) atoms. The molecule has 1 amide bonds. The van der Waals surface area contributed by atoms with Crippen molar-refractivity contribution >= 4 is 5.91 Å². The van der Waals surface area contributed by atoms with Crippen LogP contribution in [0.15, 0.2) is 43.2 Å². The van der Waals surface area contributed by atoms with Crippen molar-refractivity contribution in [3.8, 4) is 0 Å². The van der Waals surface area contributed by atoms with Gasteiger partial charge >= 0.3 is 0 Å². The largest absolute Gasteiger partial charge is 0.351 e. The highest BCUT2D eigenvalue weighted by atomic mass is 16.2. The van der Waals surface area contributed by atoms with Crippen LogP contribution in [0, 0.1) is 0 Å². The van der Waals surface area contributed by atoms with Crippen molar-refractivity contribution in [2.24, 2.45) is 0 Å². The maximum absolute atomic E-state index is 12.5. The molecule has 1 saturated heterocycles. The minimum atomic E-state index is 0.209. The highest BCUT2D eigenvalue weighted by molar-refractivity contribution is 5.76. The lowest BCUT2D eigenvalue weighted by Gasteiger charge is -2.34. The summed E-state index contributed by atoms with van der Waals surface area (Å²) in [7, 11) is 0. The van der Waals surface area contributed by atoms with Crippen molar-refractivity contribution in [1.82, 2.24) is 19.0 Å². The van der Waals surface area contributed by atoms with Crippen molar-refractivity contribution in [2.75, 3.05) is 13.1 Å². The summed E-state index contributed by atoms with van der Waals surface area (Å²) < 4.78 is 4.21. The topological polar surface area (TPSA) is 43.1 Å². The number of carbonyl (C=O) groups is 1. The second kappa shape index (κ2) is 6.16. The van der Waals surface area contributed by atoms with E-state index < -0.39 is 0 Å². The summed E-state index contributed by atoms with van der Waals surface area (Å²) in [6.45, 7) is 3.77. The second-order valence-corrected chi connectivity index (χ2v) is 5.83. The predicted molar refractivity (Wildman–Crippen MR) is 80.8 cm³/mol. The summed E-state index contributed by atoms with van der Waals surface area (Å²) in [6.07, 6.45) is 12.4. The summed E-state index contributed by atoms with van der Waals surface area (Å²) in [6, 6.07) is 4.57. The zero-order valence-electron chi connectivity index (χ0n) is 12.4. The average Bonchev–Trinajstić information content (AvgIpc) is 3.20. The predicted octanol–water partition coefficient (Wildman–Crippen LogP) is 2.50. The molecule has 3 heterocycles. The van der Waals surface area contributed by atoms with Crippen LogP contribution < -0.4 is 0 Å². The van der Waals surface area contributed by atoms with Gasteiger partial charge in [0.2, 0.25) is 5.91 Å². The molecule has 5 heteroatoms. The highest BCUT2D eigenvalue weighted by Gasteiger charge is 2.25. The van der Waals surface area contributed by atoms with Crippen LogP contribution in [0.4, 0.5) is 0 Å². The Balaban J connectivity index is 1.59. The fraction of sp³-hybridized carbons (Fsp3) is 0.500. The standard InChI is InChI=1S/C16H22N4O/c1-14(18-7-2-3-8-18)11-16(21)19-9-4-5-15(12-19)20-10-6-17-13-20/h2-3,6-8,10,13-15H,4-5,9,11-12H2,1H3/t14-,15-/m0/s1. The fourth-order valence-corrected chi connectivity index (χ4v) is 3.04. The zero-order valence-corrected chi connectivity index (χ0v) is 12.4. The van der Waals surface area contributed by atoms with Gasteiger partial charge in [-0.3, -0.25) is 4.79 Å². The molecule has 2 aromatic heterocycles. The molecule has 3 rings (SSSR count). The quantitative estimate of drug-likeness (QED) is 0.866. The molecule has 2 aromatic rings. The number of hydrogen-bond acceptors (Lipinski definition) is 2. The minimum Gasteiger partial charge on any atom is -0.351 e. The zero-order chi connectivity index (χ0) is 14.7. The third-order valence-corrected chi connectivity index (χ3v) is 4.30. The molecule has 0 N–H and O–H groups in total. The van der Waals surface area contributed by atoms with Gasteiger partial charge in [0, 0.05) is 50.3 Å². The van der Waals surface area contributed by atoms with Gasteiger partial charge in [0.25, 0.3) is 0 Å². The summed E-state index contributed by atoms with van der Waals surface area (Å²) in [4.78, 5) is 18.6. The summed E-state index contributed by atoms with van der Waals surface area (Å²) in [5.74, 6) is 0.251. The maximum atomic E-state index is 12.5. The number of rotatable bonds is 4. The molecule has 0 aliphatic carbocycles. The maximum Gasteiger partial charge on any atom is 0.224 e. The van der Waals surface area contributed by atoms with Gasteiger partial charge in [-0.25, -0.2) is 4.98 Å². The lowest BCUT2D eigenvalue weighted by molar-refractivity contribution is -0.133. The number of nitrogens with zero attached hydrogens (tertiary/aromatic N) is 4. The van der Waals surface area contributed by atoms with Crippen molar-refractivity contribution in [1.29, 1.82) is 0 Å². The van der Waals surface area contributed by atoms with Crippen LogP contribution in [0.1, 0.15) is 38.3 Å². The van der Waals surface area contributed by atoms with Crippen LogP contribution >= 0.6 is 0 Å². The van der Waals surface area contributed by atoms with Gasteiger partial charge in [0.15, 0.2) is 0 Å². The molecule has 0 spiro atoms. The number of aromatic nitrogens is 3. The summed E-state index contributed by atoms with van der Waals surface area (Å²) in [5.41, 5.74) is 0. The van der Waals surface area contributed by atoms with E-state index in [2.05, 4.69) is 21.0 Å².